The predicted molar refractivity (Wildman–Crippen MR) is 85.4 cm³/mol. The lowest BCUT2D eigenvalue weighted by Gasteiger charge is -2.37. The van der Waals surface area contributed by atoms with Crippen molar-refractivity contribution in [3.63, 3.8) is 0 Å². The van der Waals surface area contributed by atoms with Crippen LogP contribution in [0.2, 0.25) is 0 Å². The molecule has 2 heterocycles. The van der Waals surface area contributed by atoms with E-state index in [1.165, 1.54) is 57.5 Å². The van der Waals surface area contributed by atoms with Crippen LogP contribution in [-0.4, -0.2) is 50.2 Å². The van der Waals surface area contributed by atoms with E-state index in [9.17, 15) is 0 Å². The molecule has 3 nitrogen and oxygen atoms in total. The minimum Gasteiger partial charge on any atom is -0.369 e. The Morgan fingerprint density at radius 2 is 1.75 bits per heavy atom. The maximum Gasteiger partial charge on any atom is 0.0367 e. The van der Waals surface area contributed by atoms with Crippen LogP contribution in [0.3, 0.4) is 0 Å². The highest BCUT2D eigenvalue weighted by Crippen LogP contribution is 2.16. The van der Waals surface area contributed by atoms with Crippen LogP contribution < -0.4 is 10.2 Å². The van der Waals surface area contributed by atoms with Gasteiger partial charge in [0, 0.05) is 44.5 Å². The van der Waals surface area contributed by atoms with Crippen LogP contribution in [0.4, 0.5) is 5.69 Å². The van der Waals surface area contributed by atoms with Crippen molar-refractivity contribution in [2.75, 3.05) is 44.2 Å². The van der Waals surface area contributed by atoms with Crippen LogP contribution in [0, 0.1) is 0 Å². The summed E-state index contributed by atoms with van der Waals surface area (Å²) >= 11 is 0. The molecule has 0 bridgehead atoms. The number of anilines is 1. The summed E-state index contributed by atoms with van der Waals surface area (Å²) in [6, 6.07) is 11.5. The van der Waals surface area contributed by atoms with E-state index >= 15 is 0 Å². The number of nitrogens with one attached hydrogen (secondary N) is 1. The molecular formula is C17H27N3. The van der Waals surface area contributed by atoms with Crippen molar-refractivity contribution < 1.29 is 0 Å². The molecule has 0 aliphatic carbocycles. The maximum absolute atomic E-state index is 3.72. The van der Waals surface area contributed by atoms with E-state index in [1.807, 2.05) is 0 Å². The van der Waals surface area contributed by atoms with Crippen LogP contribution in [-0.2, 0) is 0 Å². The van der Waals surface area contributed by atoms with Crippen LogP contribution in [0.15, 0.2) is 30.3 Å². The summed E-state index contributed by atoms with van der Waals surface area (Å²) in [4.78, 5) is 5.15. The number of hydrogen-bond acceptors (Lipinski definition) is 3. The first kappa shape index (κ1) is 13.9. The van der Waals surface area contributed by atoms with Crippen molar-refractivity contribution in [3.8, 4) is 0 Å². The SMILES string of the molecule is c1ccc(N2CCN(CC3CCCCCN3)CC2)cc1. The van der Waals surface area contributed by atoms with Crippen molar-refractivity contribution in [1.82, 2.24) is 10.2 Å². The molecule has 110 valence electrons. The van der Waals surface area contributed by atoms with Gasteiger partial charge in [-0.1, -0.05) is 31.0 Å². The molecule has 0 amide bonds. The molecule has 2 saturated heterocycles. The molecule has 0 spiro atoms. The summed E-state index contributed by atoms with van der Waals surface area (Å²) < 4.78 is 0. The zero-order chi connectivity index (χ0) is 13.6. The molecule has 1 aromatic rings. The Balaban J connectivity index is 1.46. The summed E-state index contributed by atoms with van der Waals surface area (Å²) in [6.07, 6.45) is 5.53. The summed E-state index contributed by atoms with van der Waals surface area (Å²) in [5.74, 6) is 0. The molecule has 1 N–H and O–H groups in total. The van der Waals surface area contributed by atoms with Crippen LogP contribution in [0.5, 0.6) is 0 Å². The Bertz CT molecular complexity index is 376. The molecule has 20 heavy (non-hydrogen) atoms. The highest BCUT2D eigenvalue weighted by atomic mass is 15.3. The monoisotopic (exact) mass is 273 g/mol. The van der Waals surface area contributed by atoms with Crippen molar-refractivity contribution in [3.05, 3.63) is 30.3 Å². The predicted octanol–water partition coefficient (Wildman–Crippen LogP) is 2.34. The molecule has 3 rings (SSSR count). The van der Waals surface area contributed by atoms with Gasteiger partial charge in [0.25, 0.3) is 0 Å². The van der Waals surface area contributed by atoms with Gasteiger partial charge >= 0.3 is 0 Å². The van der Waals surface area contributed by atoms with Gasteiger partial charge in [0.15, 0.2) is 0 Å². The van der Waals surface area contributed by atoms with Crippen LogP contribution in [0.25, 0.3) is 0 Å². The molecule has 0 saturated carbocycles. The fourth-order valence-corrected chi connectivity index (χ4v) is 3.40. The summed E-state index contributed by atoms with van der Waals surface area (Å²) in [7, 11) is 0. The van der Waals surface area contributed by atoms with Gasteiger partial charge in [0.2, 0.25) is 0 Å². The number of nitrogens with zero attached hydrogens (tertiary/aromatic N) is 2. The van der Waals surface area contributed by atoms with Crippen molar-refractivity contribution in [1.29, 1.82) is 0 Å². The second kappa shape index (κ2) is 7.09. The fraction of sp³-hybridized carbons (Fsp3) is 0.647. The lowest BCUT2D eigenvalue weighted by molar-refractivity contribution is 0.227. The van der Waals surface area contributed by atoms with E-state index in [0.717, 1.165) is 19.1 Å². The van der Waals surface area contributed by atoms with Gasteiger partial charge < -0.3 is 10.2 Å². The van der Waals surface area contributed by atoms with E-state index in [0.29, 0.717) is 0 Å². The van der Waals surface area contributed by atoms with Crippen LogP contribution >= 0.6 is 0 Å². The standard InChI is InChI=1S/C17H27N3/c1-4-8-17(9-5-1)20-13-11-19(12-14-20)15-16-7-3-2-6-10-18-16/h1,4-5,8-9,16,18H,2-3,6-7,10-15H2. The van der Waals surface area contributed by atoms with E-state index in [4.69, 9.17) is 0 Å². The van der Waals surface area contributed by atoms with Gasteiger partial charge in [0.05, 0.1) is 0 Å². The number of hydrogen-bond donors (Lipinski definition) is 1. The number of piperazine rings is 1. The molecule has 1 atom stereocenters. The van der Waals surface area contributed by atoms with Gasteiger partial charge in [-0.25, -0.2) is 0 Å². The molecule has 2 aliphatic rings. The van der Waals surface area contributed by atoms with Gasteiger partial charge in [-0.3, -0.25) is 4.90 Å². The van der Waals surface area contributed by atoms with Gasteiger partial charge in [-0.15, -0.1) is 0 Å². The van der Waals surface area contributed by atoms with E-state index in [2.05, 4.69) is 45.4 Å². The lowest BCUT2D eigenvalue weighted by atomic mass is 10.1. The molecule has 1 unspecified atom stereocenters. The van der Waals surface area contributed by atoms with E-state index < -0.39 is 0 Å². The average Bonchev–Trinajstić information content (AvgIpc) is 2.78. The smallest absolute Gasteiger partial charge is 0.0367 e. The first-order valence-corrected chi connectivity index (χ1v) is 8.17. The molecular weight excluding hydrogens is 246 g/mol. The molecule has 1 aromatic carbocycles. The first-order chi connectivity index (χ1) is 9.92. The Morgan fingerprint density at radius 3 is 2.55 bits per heavy atom. The Morgan fingerprint density at radius 1 is 0.950 bits per heavy atom. The summed E-state index contributed by atoms with van der Waals surface area (Å²) in [6.45, 7) is 7.19. The third kappa shape index (κ3) is 3.74. The number of rotatable bonds is 3. The largest absolute Gasteiger partial charge is 0.369 e. The van der Waals surface area contributed by atoms with Gasteiger partial charge in [-0.2, -0.15) is 0 Å². The Labute approximate surface area is 123 Å². The lowest BCUT2D eigenvalue weighted by Crippen LogP contribution is -2.50. The average molecular weight is 273 g/mol. The number of para-hydroxylation sites is 1. The highest BCUT2D eigenvalue weighted by Gasteiger charge is 2.20. The maximum atomic E-state index is 3.72. The zero-order valence-corrected chi connectivity index (χ0v) is 12.4. The fourth-order valence-electron chi connectivity index (χ4n) is 3.40. The molecule has 2 aliphatic heterocycles. The molecule has 0 aromatic heterocycles. The highest BCUT2D eigenvalue weighted by molar-refractivity contribution is 5.46. The molecule has 0 radical (unpaired) electrons. The van der Waals surface area contributed by atoms with Crippen LogP contribution in [0.1, 0.15) is 25.7 Å². The van der Waals surface area contributed by atoms with Gasteiger partial charge in [0.1, 0.15) is 0 Å². The van der Waals surface area contributed by atoms with Gasteiger partial charge in [-0.05, 0) is 31.5 Å². The summed E-state index contributed by atoms with van der Waals surface area (Å²) in [5.41, 5.74) is 1.37. The topological polar surface area (TPSA) is 18.5 Å². The van der Waals surface area contributed by atoms with Crippen molar-refractivity contribution >= 4 is 5.69 Å². The Hall–Kier alpha value is -1.06. The van der Waals surface area contributed by atoms with Crippen molar-refractivity contribution in [2.24, 2.45) is 0 Å². The third-order valence-corrected chi connectivity index (χ3v) is 4.63. The quantitative estimate of drug-likeness (QED) is 0.912. The third-order valence-electron chi connectivity index (χ3n) is 4.63. The first-order valence-electron chi connectivity index (χ1n) is 8.17. The van der Waals surface area contributed by atoms with Crippen molar-refractivity contribution in [2.45, 2.75) is 31.7 Å². The molecule has 3 heteroatoms. The second-order valence-electron chi connectivity index (χ2n) is 6.12. The van der Waals surface area contributed by atoms with E-state index in [1.54, 1.807) is 0 Å². The zero-order valence-electron chi connectivity index (χ0n) is 12.4. The number of benzene rings is 1. The summed E-state index contributed by atoms with van der Waals surface area (Å²) in [5, 5.41) is 3.72. The Kier molecular flexibility index (Phi) is 4.93. The van der Waals surface area contributed by atoms with E-state index in [-0.39, 0.29) is 0 Å². The minimum atomic E-state index is 0.723. The minimum absolute atomic E-state index is 0.723. The molecule has 2 fully saturated rings. The normalized spacial score (nSPS) is 25.4. The second-order valence-corrected chi connectivity index (χ2v) is 6.12.